The van der Waals surface area contributed by atoms with Gasteiger partial charge in [0, 0.05) is 5.57 Å². The van der Waals surface area contributed by atoms with Gasteiger partial charge >= 0.3 is 5.97 Å². The van der Waals surface area contributed by atoms with Crippen LogP contribution in [-0.2, 0) is 9.53 Å². The average molecular weight is 213 g/mol. The van der Waals surface area contributed by atoms with Crippen molar-refractivity contribution in [2.75, 3.05) is 6.54 Å². The van der Waals surface area contributed by atoms with E-state index in [4.69, 9.17) is 10.5 Å². The van der Waals surface area contributed by atoms with Crippen molar-refractivity contribution < 1.29 is 9.53 Å². The van der Waals surface area contributed by atoms with Crippen LogP contribution in [0.3, 0.4) is 0 Å². The second-order valence-corrected chi connectivity index (χ2v) is 4.52. The summed E-state index contributed by atoms with van der Waals surface area (Å²) in [6.07, 6.45) is 4.39. The predicted molar refractivity (Wildman–Crippen MR) is 62.5 cm³/mol. The summed E-state index contributed by atoms with van der Waals surface area (Å²) in [6, 6.07) is 0. The van der Waals surface area contributed by atoms with Crippen LogP contribution in [0.4, 0.5) is 0 Å². The molecule has 0 aromatic carbocycles. The largest absolute Gasteiger partial charge is 0.457 e. The smallest absolute Gasteiger partial charge is 0.334 e. The molecule has 0 saturated carbocycles. The minimum absolute atomic E-state index is 0.206. The molecule has 88 valence electrons. The predicted octanol–water partition coefficient (Wildman–Crippen LogP) is 2.40. The minimum Gasteiger partial charge on any atom is -0.457 e. The first-order valence-corrected chi connectivity index (χ1v) is 5.53. The lowest BCUT2D eigenvalue weighted by atomic mass is 10.1. The maximum atomic E-state index is 11.7. The van der Waals surface area contributed by atoms with Gasteiger partial charge in [0.2, 0.25) is 0 Å². The fraction of sp³-hybridized carbons (Fsp3) is 0.750. The van der Waals surface area contributed by atoms with E-state index in [2.05, 4.69) is 0 Å². The van der Waals surface area contributed by atoms with Gasteiger partial charge in [0.25, 0.3) is 0 Å². The minimum atomic E-state index is -0.417. The van der Waals surface area contributed by atoms with Crippen LogP contribution in [0, 0.1) is 0 Å². The van der Waals surface area contributed by atoms with Gasteiger partial charge in [-0.15, -0.1) is 0 Å². The number of nitrogens with two attached hydrogens (primary N) is 1. The zero-order chi connectivity index (χ0) is 11.9. The van der Waals surface area contributed by atoms with Gasteiger partial charge in [-0.1, -0.05) is 13.0 Å². The zero-order valence-electron chi connectivity index (χ0n) is 10.3. The van der Waals surface area contributed by atoms with E-state index in [1.54, 1.807) is 0 Å². The van der Waals surface area contributed by atoms with Gasteiger partial charge in [-0.2, -0.15) is 0 Å². The monoisotopic (exact) mass is 213 g/mol. The molecule has 0 fully saturated rings. The number of hydrogen-bond acceptors (Lipinski definition) is 3. The normalized spacial score (nSPS) is 12.7. The zero-order valence-corrected chi connectivity index (χ0v) is 10.3. The number of esters is 1. The molecule has 0 aliphatic rings. The first-order chi connectivity index (χ1) is 6.90. The second-order valence-electron chi connectivity index (χ2n) is 4.52. The molecule has 0 rings (SSSR count). The fourth-order valence-electron chi connectivity index (χ4n) is 1.11. The highest BCUT2D eigenvalue weighted by Gasteiger charge is 2.18. The number of carbonyl (C=O) groups excluding carboxylic acids is 1. The van der Waals surface area contributed by atoms with Gasteiger partial charge in [0.05, 0.1) is 0 Å². The molecule has 0 spiro atoms. The van der Waals surface area contributed by atoms with Crippen molar-refractivity contribution in [3.05, 3.63) is 11.6 Å². The number of hydrogen-bond donors (Lipinski definition) is 1. The highest BCUT2D eigenvalue weighted by atomic mass is 16.6. The van der Waals surface area contributed by atoms with Crippen molar-refractivity contribution in [1.82, 2.24) is 0 Å². The summed E-state index contributed by atoms with van der Waals surface area (Å²) in [5.74, 6) is -0.206. The number of ether oxygens (including phenoxy) is 1. The molecule has 0 bridgehead atoms. The Bertz CT molecular complexity index is 226. The first kappa shape index (κ1) is 14.2. The van der Waals surface area contributed by atoms with Gasteiger partial charge in [-0.25, -0.2) is 4.79 Å². The summed E-state index contributed by atoms with van der Waals surface area (Å²) in [5.41, 5.74) is 5.72. The van der Waals surface area contributed by atoms with Crippen molar-refractivity contribution in [3.63, 3.8) is 0 Å². The van der Waals surface area contributed by atoms with E-state index in [0.717, 1.165) is 18.4 Å². The Morgan fingerprint density at radius 3 is 2.40 bits per heavy atom. The van der Waals surface area contributed by atoms with Gasteiger partial charge in [-0.3, -0.25) is 0 Å². The van der Waals surface area contributed by atoms with Gasteiger partial charge in [-0.05, 0) is 46.6 Å². The van der Waals surface area contributed by atoms with Gasteiger partial charge in [0.1, 0.15) is 5.60 Å². The quantitative estimate of drug-likeness (QED) is 0.433. The molecule has 3 nitrogen and oxygen atoms in total. The molecular weight excluding hydrogens is 190 g/mol. The Morgan fingerprint density at radius 1 is 1.40 bits per heavy atom. The Morgan fingerprint density at radius 2 is 2.00 bits per heavy atom. The van der Waals surface area contributed by atoms with Gasteiger partial charge in [0.15, 0.2) is 0 Å². The van der Waals surface area contributed by atoms with E-state index in [1.165, 1.54) is 0 Å². The standard InChI is InChI=1S/C12H23NO2/c1-5-10(8-6-7-9-13)11(14)15-12(2,3)4/h8H,5-7,9,13H2,1-4H3/b10-8-. The van der Waals surface area contributed by atoms with E-state index in [9.17, 15) is 4.79 Å². The van der Waals surface area contributed by atoms with Crippen molar-refractivity contribution in [1.29, 1.82) is 0 Å². The highest BCUT2D eigenvalue weighted by molar-refractivity contribution is 5.88. The summed E-state index contributed by atoms with van der Waals surface area (Å²) in [7, 11) is 0. The van der Waals surface area contributed by atoms with Crippen LogP contribution in [0.5, 0.6) is 0 Å². The second kappa shape index (κ2) is 6.62. The number of allylic oxidation sites excluding steroid dienone is 1. The van der Waals surface area contributed by atoms with Gasteiger partial charge < -0.3 is 10.5 Å². The molecule has 0 aromatic heterocycles. The Kier molecular flexibility index (Phi) is 6.25. The molecule has 0 saturated heterocycles. The Balaban J connectivity index is 4.28. The van der Waals surface area contributed by atoms with Crippen LogP contribution >= 0.6 is 0 Å². The lowest BCUT2D eigenvalue weighted by Crippen LogP contribution is -2.24. The van der Waals surface area contributed by atoms with E-state index in [0.29, 0.717) is 13.0 Å². The first-order valence-electron chi connectivity index (χ1n) is 5.53. The summed E-state index contributed by atoms with van der Waals surface area (Å²) >= 11 is 0. The van der Waals surface area contributed by atoms with E-state index < -0.39 is 5.60 Å². The molecule has 0 amide bonds. The van der Waals surface area contributed by atoms with Crippen molar-refractivity contribution >= 4 is 5.97 Å². The summed E-state index contributed by atoms with van der Waals surface area (Å²) in [6.45, 7) is 8.23. The molecule has 0 radical (unpaired) electrons. The maximum absolute atomic E-state index is 11.7. The van der Waals surface area contributed by atoms with E-state index in [1.807, 2.05) is 33.8 Å². The number of carbonyl (C=O) groups is 1. The number of rotatable bonds is 5. The average Bonchev–Trinajstić information content (AvgIpc) is 2.09. The van der Waals surface area contributed by atoms with E-state index >= 15 is 0 Å². The number of unbranched alkanes of at least 4 members (excludes halogenated alkanes) is 1. The van der Waals surface area contributed by atoms with Crippen LogP contribution in [0.2, 0.25) is 0 Å². The topological polar surface area (TPSA) is 52.3 Å². The third kappa shape index (κ3) is 7.14. The van der Waals surface area contributed by atoms with Crippen LogP contribution in [0.25, 0.3) is 0 Å². The maximum Gasteiger partial charge on any atom is 0.334 e. The Hall–Kier alpha value is -0.830. The molecule has 0 unspecified atom stereocenters. The molecule has 0 aliphatic heterocycles. The van der Waals surface area contributed by atoms with Crippen LogP contribution in [-0.4, -0.2) is 18.1 Å². The molecule has 2 N–H and O–H groups in total. The van der Waals surface area contributed by atoms with Crippen LogP contribution in [0.1, 0.15) is 47.0 Å². The fourth-order valence-corrected chi connectivity index (χ4v) is 1.11. The third-order valence-electron chi connectivity index (χ3n) is 1.84. The van der Waals surface area contributed by atoms with Crippen molar-refractivity contribution in [3.8, 4) is 0 Å². The van der Waals surface area contributed by atoms with Crippen molar-refractivity contribution in [2.45, 2.75) is 52.6 Å². The lowest BCUT2D eigenvalue weighted by molar-refractivity contribution is -0.150. The molecule has 0 heterocycles. The molecule has 0 aliphatic carbocycles. The third-order valence-corrected chi connectivity index (χ3v) is 1.84. The van der Waals surface area contributed by atoms with Crippen LogP contribution in [0.15, 0.2) is 11.6 Å². The Labute approximate surface area is 92.7 Å². The van der Waals surface area contributed by atoms with Crippen LogP contribution < -0.4 is 5.73 Å². The SMILES string of the molecule is CC/C(=C/CCCN)C(=O)OC(C)(C)C. The summed E-state index contributed by atoms with van der Waals surface area (Å²) < 4.78 is 5.28. The summed E-state index contributed by atoms with van der Waals surface area (Å²) in [4.78, 5) is 11.7. The van der Waals surface area contributed by atoms with E-state index in [-0.39, 0.29) is 5.97 Å². The molecule has 0 aromatic rings. The molecular formula is C12H23NO2. The molecule has 3 heteroatoms. The molecule has 15 heavy (non-hydrogen) atoms. The summed E-state index contributed by atoms with van der Waals surface area (Å²) in [5, 5.41) is 0. The molecule has 0 atom stereocenters. The van der Waals surface area contributed by atoms with Crippen molar-refractivity contribution in [2.24, 2.45) is 5.73 Å². The lowest BCUT2D eigenvalue weighted by Gasteiger charge is -2.20. The highest BCUT2D eigenvalue weighted by Crippen LogP contribution is 2.13.